The lowest BCUT2D eigenvalue weighted by atomic mass is 9.95. The topological polar surface area (TPSA) is 38.7 Å². The molecule has 110 valence electrons. The van der Waals surface area contributed by atoms with Gasteiger partial charge in [-0.3, -0.25) is 0 Å². The van der Waals surface area contributed by atoms with E-state index >= 15 is 0 Å². The van der Waals surface area contributed by atoms with Crippen LogP contribution in [0.15, 0.2) is 40.9 Å². The third-order valence-corrected chi connectivity index (χ3v) is 4.44. The molecule has 1 heterocycles. The molecular formula is C16H14BrClO3. The van der Waals surface area contributed by atoms with Crippen LogP contribution >= 0.6 is 27.5 Å². The largest absolute Gasteiger partial charge is 0.496 e. The molecule has 1 N–H and O–H groups in total. The van der Waals surface area contributed by atoms with E-state index in [-0.39, 0.29) is 6.10 Å². The number of rotatable bonds is 2. The van der Waals surface area contributed by atoms with Crippen molar-refractivity contribution in [2.75, 3.05) is 7.11 Å². The highest BCUT2D eigenvalue weighted by Gasteiger charge is 2.28. The third kappa shape index (κ3) is 2.89. The fourth-order valence-electron chi connectivity index (χ4n) is 2.51. The van der Waals surface area contributed by atoms with Gasteiger partial charge >= 0.3 is 0 Å². The molecule has 2 aromatic carbocycles. The molecule has 1 aliphatic rings. The van der Waals surface area contributed by atoms with Gasteiger partial charge in [0.15, 0.2) is 0 Å². The van der Waals surface area contributed by atoms with Crippen LogP contribution in [0.25, 0.3) is 0 Å². The van der Waals surface area contributed by atoms with Gasteiger partial charge < -0.3 is 14.6 Å². The summed E-state index contributed by atoms with van der Waals surface area (Å²) < 4.78 is 12.1. The molecule has 0 spiro atoms. The number of halogens is 2. The minimum atomic E-state index is -0.585. The number of hydrogen-bond acceptors (Lipinski definition) is 3. The molecule has 0 bridgehead atoms. The van der Waals surface area contributed by atoms with Crippen LogP contribution in [0.2, 0.25) is 5.02 Å². The average molecular weight is 370 g/mol. The summed E-state index contributed by atoms with van der Waals surface area (Å²) in [5.41, 5.74) is 1.73. The molecule has 5 heteroatoms. The van der Waals surface area contributed by atoms with E-state index in [0.29, 0.717) is 17.2 Å². The first-order chi connectivity index (χ1) is 10.1. The van der Waals surface area contributed by atoms with Crippen LogP contribution in [0.4, 0.5) is 0 Å². The highest BCUT2D eigenvalue weighted by atomic mass is 79.9. The monoisotopic (exact) mass is 368 g/mol. The molecule has 2 aromatic rings. The Hall–Kier alpha value is -1.23. The van der Waals surface area contributed by atoms with Crippen LogP contribution in [0, 0.1) is 0 Å². The van der Waals surface area contributed by atoms with E-state index in [4.69, 9.17) is 21.1 Å². The predicted octanol–water partition coefficient (Wildman–Crippen LogP) is 4.67. The molecule has 0 fully saturated rings. The van der Waals surface area contributed by atoms with E-state index in [2.05, 4.69) is 15.9 Å². The van der Waals surface area contributed by atoms with E-state index < -0.39 is 6.10 Å². The average Bonchev–Trinajstić information content (AvgIpc) is 2.47. The molecular weight excluding hydrogens is 356 g/mol. The second-order valence-electron chi connectivity index (χ2n) is 4.93. The van der Waals surface area contributed by atoms with Gasteiger partial charge in [0.2, 0.25) is 0 Å². The fraction of sp³-hybridized carbons (Fsp3) is 0.250. The molecule has 21 heavy (non-hydrogen) atoms. The number of ether oxygens (including phenoxy) is 2. The molecule has 0 aromatic heterocycles. The summed E-state index contributed by atoms with van der Waals surface area (Å²) in [6.45, 7) is 0. The number of aliphatic hydroxyl groups excluding tert-OH is 1. The third-order valence-electron chi connectivity index (χ3n) is 3.59. The number of benzene rings is 2. The van der Waals surface area contributed by atoms with Crippen molar-refractivity contribution in [1.82, 2.24) is 0 Å². The van der Waals surface area contributed by atoms with Crippen LogP contribution in [0.1, 0.15) is 29.8 Å². The summed E-state index contributed by atoms with van der Waals surface area (Å²) in [6.07, 6.45) is -0.291. The molecule has 0 radical (unpaired) electrons. The van der Waals surface area contributed by atoms with Crippen molar-refractivity contribution < 1.29 is 14.6 Å². The number of hydrogen-bond donors (Lipinski definition) is 1. The van der Waals surface area contributed by atoms with Gasteiger partial charge in [0.05, 0.1) is 17.7 Å². The summed E-state index contributed by atoms with van der Waals surface area (Å²) in [5, 5.41) is 10.9. The van der Waals surface area contributed by atoms with Crippen molar-refractivity contribution in [3.05, 3.63) is 57.0 Å². The van der Waals surface area contributed by atoms with Gasteiger partial charge in [-0.25, -0.2) is 0 Å². The number of methoxy groups -OCH3 is 1. The minimum Gasteiger partial charge on any atom is -0.496 e. The smallest absolute Gasteiger partial charge is 0.133 e. The summed E-state index contributed by atoms with van der Waals surface area (Å²) in [4.78, 5) is 0. The van der Waals surface area contributed by atoms with Crippen molar-refractivity contribution >= 4 is 27.5 Å². The number of aliphatic hydroxyl groups is 1. The Morgan fingerprint density at radius 3 is 2.81 bits per heavy atom. The van der Waals surface area contributed by atoms with E-state index in [1.165, 1.54) is 0 Å². The van der Waals surface area contributed by atoms with Crippen molar-refractivity contribution in [2.45, 2.75) is 18.6 Å². The number of fused-ring (bicyclic) bond motifs is 1. The van der Waals surface area contributed by atoms with Gasteiger partial charge in [-0.15, -0.1) is 0 Å². The molecule has 0 aliphatic carbocycles. The maximum atomic E-state index is 10.3. The summed E-state index contributed by atoms with van der Waals surface area (Å²) in [6, 6.07) is 11.1. The molecule has 0 saturated carbocycles. The molecule has 0 saturated heterocycles. The highest BCUT2D eigenvalue weighted by molar-refractivity contribution is 9.10. The van der Waals surface area contributed by atoms with Gasteiger partial charge in [-0.05, 0) is 51.8 Å². The standard InChI is InChI=1S/C16H14BrClO3/c1-20-15-4-2-9(6-12(15)17)16-8-13(19)11-7-10(18)3-5-14(11)21-16/h2-7,13,16,19H,8H2,1H3. The molecule has 0 amide bonds. The summed E-state index contributed by atoms with van der Waals surface area (Å²) in [5.74, 6) is 1.44. The van der Waals surface area contributed by atoms with Crippen LogP contribution in [-0.2, 0) is 0 Å². The Labute approximate surface area is 136 Å². The molecule has 3 rings (SSSR count). The van der Waals surface area contributed by atoms with Crippen LogP contribution < -0.4 is 9.47 Å². The molecule has 3 nitrogen and oxygen atoms in total. The zero-order valence-corrected chi connectivity index (χ0v) is 13.7. The highest BCUT2D eigenvalue weighted by Crippen LogP contribution is 2.42. The van der Waals surface area contributed by atoms with Gasteiger partial charge in [-0.1, -0.05) is 17.7 Å². The first kappa shape index (κ1) is 14.7. The van der Waals surface area contributed by atoms with Crippen molar-refractivity contribution in [2.24, 2.45) is 0 Å². The predicted molar refractivity (Wildman–Crippen MR) is 85.1 cm³/mol. The molecule has 2 atom stereocenters. The van der Waals surface area contributed by atoms with Crippen molar-refractivity contribution in [3.8, 4) is 11.5 Å². The maximum Gasteiger partial charge on any atom is 0.133 e. The van der Waals surface area contributed by atoms with Gasteiger partial charge in [0.1, 0.15) is 17.6 Å². The molecule has 1 aliphatic heterocycles. The van der Waals surface area contributed by atoms with E-state index in [9.17, 15) is 5.11 Å². The zero-order chi connectivity index (χ0) is 15.0. The normalized spacial score (nSPS) is 20.6. The SMILES string of the molecule is COc1ccc(C2CC(O)c3cc(Cl)ccc3O2)cc1Br. The Balaban J connectivity index is 1.92. The zero-order valence-electron chi connectivity index (χ0n) is 11.3. The van der Waals surface area contributed by atoms with Crippen LogP contribution in [0.5, 0.6) is 11.5 Å². The second kappa shape index (κ2) is 5.87. The van der Waals surface area contributed by atoms with Crippen molar-refractivity contribution in [3.63, 3.8) is 0 Å². The Morgan fingerprint density at radius 1 is 1.29 bits per heavy atom. The van der Waals surface area contributed by atoms with Crippen LogP contribution in [0.3, 0.4) is 0 Å². The lowest BCUT2D eigenvalue weighted by Crippen LogP contribution is -2.19. The maximum absolute atomic E-state index is 10.3. The Bertz CT molecular complexity index is 675. The summed E-state index contributed by atoms with van der Waals surface area (Å²) in [7, 11) is 1.63. The first-order valence-electron chi connectivity index (χ1n) is 6.56. The second-order valence-corrected chi connectivity index (χ2v) is 6.22. The van der Waals surface area contributed by atoms with Gasteiger partial charge in [0, 0.05) is 17.0 Å². The quantitative estimate of drug-likeness (QED) is 0.836. The minimum absolute atomic E-state index is 0.198. The van der Waals surface area contributed by atoms with Gasteiger partial charge in [0.25, 0.3) is 0 Å². The van der Waals surface area contributed by atoms with Crippen molar-refractivity contribution in [1.29, 1.82) is 0 Å². The fourth-order valence-corrected chi connectivity index (χ4v) is 3.24. The first-order valence-corrected chi connectivity index (χ1v) is 7.73. The lowest BCUT2D eigenvalue weighted by molar-refractivity contribution is 0.0657. The lowest BCUT2D eigenvalue weighted by Gasteiger charge is -2.30. The van der Waals surface area contributed by atoms with E-state index in [1.54, 1.807) is 25.3 Å². The van der Waals surface area contributed by atoms with Crippen LogP contribution in [-0.4, -0.2) is 12.2 Å². The Kier molecular flexibility index (Phi) is 4.11. The van der Waals surface area contributed by atoms with Gasteiger partial charge in [-0.2, -0.15) is 0 Å². The molecule has 2 unspecified atom stereocenters. The van der Waals surface area contributed by atoms with E-state index in [0.717, 1.165) is 21.3 Å². The summed E-state index contributed by atoms with van der Waals surface area (Å²) >= 11 is 9.43. The van der Waals surface area contributed by atoms with E-state index in [1.807, 2.05) is 18.2 Å². The Morgan fingerprint density at radius 2 is 2.10 bits per heavy atom.